The molecular weight excluding hydrogens is 264 g/mol. The predicted octanol–water partition coefficient (Wildman–Crippen LogP) is 3.02. The number of nitrogens with zero attached hydrogens (tertiary/aromatic N) is 1. The number of carbonyl (C=O) groups is 1. The lowest BCUT2D eigenvalue weighted by molar-refractivity contribution is -0.124. The van der Waals surface area contributed by atoms with Crippen LogP contribution in [-0.4, -0.2) is 18.6 Å². The highest BCUT2D eigenvalue weighted by Gasteiger charge is 2.22. The second kappa shape index (κ2) is 7.68. The van der Waals surface area contributed by atoms with Gasteiger partial charge in [0, 0.05) is 6.04 Å². The van der Waals surface area contributed by atoms with E-state index in [0.717, 1.165) is 18.8 Å². The van der Waals surface area contributed by atoms with E-state index in [0.29, 0.717) is 11.3 Å². The van der Waals surface area contributed by atoms with Crippen molar-refractivity contribution >= 4 is 5.91 Å². The molecule has 1 amide bonds. The quantitative estimate of drug-likeness (QED) is 0.905. The molecule has 2 rings (SSSR count). The molecule has 112 valence electrons. The van der Waals surface area contributed by atoms with Gasteiger partial charge in [0.2, 0.25) is 0 Å². The molecule has 0 heterocycles. The maximum atomic E-state index is 12.0. The van der Waals surface area contributed by atoms with Crippen molar-refractivity contribution in [2.24, 2.45) is 5.92 Å². The van der Waals surface area contributed by atoms with E-state index in [2.05, 4.69) is 18.3 Å². The van der Waals surface area contributed by atoms with Crippen molar-refractivity contribution in [2.75, 3.05) is 6.61 Å². The molecule has 21 heavy (non-hydrogen) atoms. The number of para-hydroxylation sites is 1. The summed E-state index contributed by atoms with van der Waals surface area (Å²) >= 11 is 0. The van der Waals surface area contributed by atoms with Gasteiger partial charge in [0.15, 0.2) is 6.61 Å². The number of nitriles is 1. The van der Waals surface area contributed by atoms with Crippen LogP contribution in [0.3, 0.4) is 0 Å². The Labute approximate surface area is 126 Å². The second-order valence-electron chi connectivity index (χ2n) is 5.60. The first kappa shape index (κ1) is 15.4. The third-order valence-electron chi connectivity index (χ3n) is 4.09. The molecule has 0 aromatic heterocycles. The molecule has 2 unspecified atom stereocenters. The summed E-state index contributed by atoms with van der Waals surface area (Å²) in [4.78, 5) is 12.0. The minimum absolute atomic E-state index is 0.0357. The Bertz CT molecular complexity index is 522. The summed E-state index contributed by atoms with van der Waals surface area (Å²) in [5.41, 5.74) is 0.453. The van der Waals surface area contributed by atoms with E-state index >= 15 is 0 Å². The number of hydrogen-bond donors (Lipinski definition) is 1. The van der Waals surface area contributed by atoms with Crippen LogP contribution in [-0.2, 0) is 4.79 Å². The monoisotopic (exact) mass is 286 g/mol. The van der Waals surface area contributed by atoms with E-state index in [-0.39, 0.29) is 18.6 Å². The molecule has 4 heteroatoms. The summed E-state index contributed by atoms with van der Waals surface area (Å²) in [7, 11) is 0. The van der Waals surface area contributed by atoms with Crippen molar-refractivity contribution in [1.82, 2.24) is 5.32 Å². The van der Waals surface area contributed by atoms with Gasteiger partial charge in [-0.05, 0) is 30.9 Å². The molecule has 1 N–H and O–H groups in total. The van der Waals surface area contributed by atoms with Crippen LogP contribution in [0.2, 0.25) is 0 Å². The normalized spacial score (nSPS) is 21.3. The molecule has 1 aromatic carbocycles. The van der Waals surface area contributed by atoms with Crippen molar-refractivity contribution in [2.45, 2.75) is 45.1 Å². The molecule has 2 atom stereocenters. The molecule has 1 aliphatic rings. The molecule has 0 saturated heterocycles. The Morgan fingerprint density at radius 1 is 1.43 bits per heavy atom. The summed E-state index contributed by atoms with van der Waals surface area (Å²) in [5.74, 6) is 1.08. The molecular formula is C17H22N2O2. The first-order chi connectivity index (χ1) is 10.2. The van der Waals surface area contributed by atoms with Crippen LogP contribution < -0.4 is 10.1 Å². The zero-order valence-corrected chi connectivity index (χ0v) is 12.5. The average molecular weight is 286 g/mol. The number of carbonyl (C=O) groups excluding carboxylic acids is 1. The zero-order chi connectivity index (χ0) is 15.1. The zero-order valence-electron chi connectivity index (χ0n) is 12.5. The standard InChI is InChI=1S/C17H22N2O2/c1-2-13-6-5-8-15(10-13)19-17(20)12-21-16-9-4-3-7-14(16)11-18/h3-4,7,9,13,15H,2,5-6,8,10,12H2,1H3,(H,19,20). The van der Waals surface area contributed by atoms with Crippen LogP contribution in [0, 0.1) is 17.2 Å². The SMILES string of the molecule is CCC1CCCC(NC(=O)COc2ccccc2C#N)C1. The van der Waals surface area contributed by atoms with E-state index in [1.54, 1.807) is 24.3 Å². The summed E-state index contributed by atoms with van der Waals surface area (Å²) in [6.07, 6.45) is 5.75. The lowest BCUT2D eigenvalue weighted by Crippen LogP contribution is -2.40. The molecule has 0 radical (unpaired) electrons. The van der Waals surface area contributed by atoms with Crippen LogP contribution in [0.5, 0.6) is 5.75 Å². The molecule has 1 aromatic rings. The molecule has 1 fully saturated rings. The maximum Gasteiger partial charge on any atom is 0.258 e. The van der Waals surface area contributed by atoms with Crippen LogP contribution in [0.4, 0.5) is 0 Å². The predicted molar refractivity (Wildman–Crippen MR) is 80.8 cm³/mol. The highest BCUT2D eigenvalue weighted by Crippen LogP contribution is 2.26. The fourth-order valence-electron chi connectivity index (χ4n) is 2.89. The van der Waals surface area contributed by atoms with Gasteiger partial charge in [0.1, 0.15) is 11.8 Å². The van der Waals surface area contributed by atoms with Gasteiger partial charge in [-0.1, -0.05) is 38.3 Å². The van der Waals surface area contributed by atoms with Gasteiger partial charge in [-0.15, -0.1) is 0 Å². The van der Waals surface area contributed by atoms with Gasteiger partial charge < -0.3 is 10.1 Å². The Morgan fingerprint density at radius 3 is 3.00 bits per heavy atom. The Hall–Kier alpha value is -2.02. The van der Waals surface area contributed by atoms with Gasteiger partial charge in [0.25, 0.3) is 5.91 Å². The lowest BCUT2D eigenvalue weighted by Gasteiger charge is -2.29. The average Bonchev–Trinajstić information content (AvgIpc) is 2.53. The largest absolute Gasteiger partial charge is 0.482 e. The fourth-order valence-corrected chi connectivity index (χ4v) is 2.89. The van der Waals surface area contributed by atoms with Crippen LogP contribution >= 0.6 is 0 Å². The number of hydrogen-bond acceptors (Lipinski definition) is 3. The molecule has 1 aliphatic carbocycles. The van der Waals surface area contributed by atoms with Crippen LogP contribution in [0.25, 0.3) is 0 Å². The van der Waals surface area contributed by atoms with E-state index < -0.39 is 0 Å². The highest BCUT2D eigenvalue weighted by molar-refractivity contribution is 5.77. The summed E-state index contributed by atoms with van der Waals surface area (Å²) in [6, 6.07) is 9.28. The van der Waals surface area contributed by atoms with E-state index in [1.165, 1.54) is 19.3 Å². The van der Waals surface area contributed by atoms with Crippen LogP contribution in [0.15, 0.2) is 24.3 Å². The fraction of sp³-hybridized carbons (Fsp3) is 0.529. The Morgan fingerprint density at radius 2 is 2.24 bits per heavy atom. The number of amides is 1. The van der Waals surface area contributed by atoms with Gasteiger partial charge in [-0.25, -0.2) is 0 Å². The topological polar surface area (TPSA) is 62.1 Å². The Balaban J connectivity index is 1.81. The van der Waals surface area contributed by atoms with E-state index in [1.807, 2.05) is 0 Å². The second-order valence-corrected chi connectivity index (χ2v) is 5.60. The van der Waals surface area contributed by atoms with Crippen molar-refractivity contribution < 1.29 is 9.53 Å². The number of nitrogens with one attached hydrogen (secondary N) is 1. The molecule has 0 bridgehead atoms. The lowest BCUT2D eigenvalue weighted by atomic mass is 9.84. The molecule has 4 nitrogen and oxygen atoms in total. The molecule has 0 aliphatic heterocycles. The van der Waals surface area contributed by atoms with Gasteiger partial charge >= 0.3 is 0 Å². The first-order valence-corrected chi connectivity index (χ1v) is 7.64. The number of benzene rings is 1. The summed E-state index contributed by atoms with van der Waals surface area (Å²) in [6.45, 7) is 2.17. The minimum atomic E-state index is -0.107. The van der Waals surface area contributed by atoms with Gasteiger partial charge in [-0.3, -0.25) is 4.79 Å². The number of ether oxygens (including phenoxy) is 1. The van der Waals surface area contributed by atoms with E-state index in [9.17, 15) is 4.79 Å². The maximum absolute atomic E-state index is 12.0. The highest BCUT2D eigenvalue weighted by atomic mass is 16.5. The summed E-state index contributed by atoms with van der Waals surface area (Å²) in [5, 5.41) is 12.0. The van der Waals surface area contributed by atoms with Crippen molar-refractivity contribution in [3.8, 4) is 11.8 Å². The van der Waals surface area contributed by atoms with Gasteiger partial charge in [-0.2, -0.15) is 5.26 Å². The number of rotatable bonds is 5. The van der Waals surface area contributed by atoms with Crippen molar-refractivity contribution in [3.63, 3.8) is 0 Å². The Kier molecular flexibility index (Phi) is 5.62. The van der Waals surface area contributed by atoms with E-state index in [4.69, 9.17) is 10.00 Å². The van der Waals surface area contributed by atoms with Crippen molar-refractivity contribution in [3.05, 3.63) is 29.8 Å². The van der Waals surface area contributed by atoms with Crippen molar-refractivity contribution in [1.29, 1.82) is 5.26 Å². The molecule has 1 saturated carbocycles. The smallest absolute Gasteiger partial charge is 0.258 e. The van der Waals surface area contributed by atoms with Crippen LogP contribution in [0.1, 0.15) is 44.6 Å². The third-order valence-corrected chi connectivity index (χ3v) is 4.09. The third kappa shape index (κ3) is 4.49. The molecule has 0 spiro atoms. The minimum Gasteiger partial charge on any atom is -0.482 e. The first-order valence-electron chi connectivity index (χ1n) is 7.64. The van der Waals surface area contributed by atoms with Gasteiger partial charge in [0.05, 0.1) is 5.56 Å². The summed E-state index contributed by atoms with van der Waals surface area (Å²) < 4.78 is 5.45.